The number of aliphatic hydroxyl groups excluding tert-OH is 1. The highest BCUT2D eigenvalue weighted by molar-refractivity contribution is 6.01. The fourth-order valence-corrected chi connectivity index (χ4v) is 3.21. The van der Waals surface area contributed by atoms with Crippen molar-refractivity contribution >= 4 is 23.8 Å². The molecule has 3 N–H and O–H groups in total. The van der Waals surface area contributed by atoms with Crippen LogP contribution < -0.4 is 10.6 Å². The van der Waals surface area contributed by atoms with Gasteiger partial charge in [-0.1, -0.05) is 49.4 Å². The maximum atomic E-state index is 12.9. The number of hydrogen-bond donors (Lipinski definition) is 3. The number of nitrogens with one attached hydrogen (secondary N) is 2. The Labute approximate surface area is 187 Å². The maximum absolute atomic E-state index is 12.9. The van der Waals surface area contributed by atoms with Gasteiger partial charge in [-0.15, -0.1) is 0 Å². The SMILES string of the molecule is COC(=O)C1COC(=O)C(C)CC=CCC(C(=O)N[C@@H](CO)Cc2ccccc2)C(=O)N1. The first-order chi connectivity index (χ1) is 15.3. The summed E-state index contributed by atoms with van der Waals surface area (Å²) in [5.74, 6) is -4.16. The summed E-state index contributed by atoms with van der Waals surface area (Å²) in [7, 11) is 1.15. The van der Waals surface area contributed by atoms with Crippen LogP contribution in [0.4, 0.5) is 0 Å². The Morgan fingerprint density at radius 3 is 2.56 bits per heavy atom. The lowest BCUT2D eigenvalue weighted by molar-refractivity contribution is -0.155. The Kier molecular flexibility index (Phi) is 9.87. The van der Waals surface area contributed by atoms with E-state index in [0.717, 1.165) is 12.7 Å². The largest absolute Gasteiger partial charge is 0.467 e. The number of carbonyl (C=O) groups is 4. The van der Waals surface area contributed by atoms with Crippen molar-refractivity contribution < 1.29 is 33.8 Å². The lowest BCUT2D eigenvalue weighted by atomic mass is 9.99. The van der Waals surface area contributed by atoms with Crippen LogP contribution in [0.2, 0.25) is 0 Å². The van der Waals surface area contributed by atoms with Gasteiger partial charge < -0.3 is 25.2 Å². The minimum atomic E-state index is -1.24. The zero-order valence-corrected chi connectivity index (χ0v) is 18.3. The molecule has 0 aromatic heterocycles. The van der Waals surface area contributed by atoms with Crippen molar-refractivity contribution in [1.29, 1.82) is 0 Å². The van der Waals surface area contributed by atoms with Crippen LogP contribution in [-0.2, 0) is 35.1 Å². The van der Waals surface area contributed by atoms with E-state index in [4.69, 9.17) is 4.74 Å². The van der Waals surface area contributed by atoms with Crippen LogP contribution in [0, 0.1) is 11.8 Å². The van der Waals surface area contributed by atoms with E-state index in [9.17, 15) is 24.3 Å². The molecule has 2 rings (SSSR count). The third-order valence-electron chi connectivity index (χ3n) is 5.15. The molecule has 2 amide bonds. The number of ether oxygens (including phenoxy) is 2. The highest BCUT2D eigenvalue weighted by Crippen LogP contribution is 2.13. The van der Waals surface area contributed by atoms with Gasteiger partial charge in [0.15, 0.2) is 6.04 Å². The van der Waals surface area contributed by atoms with Crippen LogP contribution in [0.1, 0.15) is 25.3 Å². The molecule has 1 heterocycles. The quantitative estimate of drug-likeness (QED) is 0.330. The highest BCUT2D eigenvalue weighted by atomic mass is 16.5. The number of carbonyl (C=O) groups excluding carboxylic acids is 4. The first-order valence-corrected chi connectivity index (χ1v) is 10.5. The fourth-order valence-electron chi connectivity index (χ4n) is 3.21. The molecule has 0 aliphatic carbocycles. The van der Waals surface area contributed by atoms with E-state index in [1.807, 2.05) is 30.3 Å². The van der Waals surface area contributed by atoms with Gasteiger partial charge in [0.1, 0.15) is 12.5 Å². The minimum absolute atomic E-state index is 0.0663. The van der Waals surface area contributed by atoms with Gasteiger partial charge in [0.2, 0.25) is 11.8 Å². The van der Waals surface area contributed by atoms with Crippen molar-refractivity contribution in [3.05, 3.63) is 48.0 Å². The van der Waals surface area contributed by atoms with Crippen molar-refractivity contribution in [2.75, 3.05) is 20.3 Å². The number of amides is 2. The van der Waals surface area contributed by atoms with Crippen LogP contribution in [0.15, 0.2) is 42.5 Å². The Morgan fingerprint density at radius 1 is 1.22 bits per heavy atom. The second-order valence-corrected chi connectivity index (χ2v) is 7.69. The summed E-state index contributed by atoms with van der Waals surface area (Å²) >= 11 is 0. The van der Waals surface area contributed by atoms with Gasteiger partial charge in [0, 0.05) is 0 Å². The molecule has 174 valence electrons. The van der Waals surface area contributed by atoms with Gasteiger partial charge in [-0.2, -0.15) is 0 Å². The molecule has 1 aromatic rings. The second kappa shape index (κ2) is 12.6. The molecular formula is C23H30N2O7. The molecule has 0 radical (unpaired) electrons. The normalized spacial score (nSPS) is 23.0. The number of benzene rings is 1. The monoisotopic (exact) mass is 446 g/mol. The molecule has 3 unspecified atom stereocenters. The number of aliphatic hydroxyl groups is 1. The first-order valence-electron chi connectivity index (χ1n) is 10.5. The second-order valence-electron chi connectivity index (χ2n) is 7.69. The van der Waals surface area contributed by atoms with Crippen LogP contribution in [0.25, 0.3) is 0 Å². The molecule has 0 bridgehead atoms. The van der Waals surface area contributed by atoms with Gasteiger partial charge in [0.25, 0.3) is 0 Å². The molecule has 1 aromatic carbocycles. The lowest BCUT2D eigenvalue weighted by Crippen LogP contribution is -2.52. The molecule has 4 atom stereocenters. The summed E-state index contributed by atoms with van der Waals surface area (Å²) < 4.78 is 9.81. The number of cyclic esters (lactones) is 1. The van der Waals surface area contributed by atoms with Crippen molar-refractivity contribution in [2.24, 2.45) is 11.8 Å². The summed E-state index contributed by atoms with van der Waals surface area (Å²) in [5.41, 5.74) is 0.927. The van der Waals surface area contributed by atoms with Gasteiger partial charge in [-0.3, -0.25) is 14.4 Å². The molecule has 32 heavy (non-hydrogen) atoms. The maximum Gasteiger partial charge on any atom is 0.331 e. The average Bonchev–Trinajstić information content (AvgIpc) is 2.79. The van der Waals surface area contributed by atoms with Crippen LogP contribution in [-0.4, -0.2) is 61.3 Å². The van der Waals surface area contributed by atoms with E-state index >= 15 is 0 Å². The molecule has 0 spiro atoms. The standard InChI is InChI=1S/C23H30N2O7/c1-15-8-6-7-11-18(21(28)25-19(23(30)31-2)14-32-22(15)29)20(27)24-17(13-26)12-16-9-4-3-5-10-16/h3-7,9-10,15,17-19,26H,8,11-14H2,1-2H3,(H,24,27)(H,25,28)/t15?,17-,18?,19?/m1/s1. The topological polar surface area (TPSA) is 131 Å². The Bertz CT molecular complexity index is 825. The van der Waals surface area contributed by atoms with Crippen molar-refractivity contribution in [2.45, 2.75) is 38.3 Å². The first kappa shape index (κ1) is 25.1. The Balaban J connectivity index is 2.17. The molecule has 0 fully saturated rings. The summed E-state index contributed by atoms with van der Waals surface area (Å²) in [6.07, 6.45) is 4.19. The predicted octanol–water partition coefficient (Wildman–Crippen LogP) is 0.510. The van der Waals surface area contributed by atoms with E-state index in [2.05, 4.69) is 15.4 Å². The molecule has 0 saturated heterocycles. The van der Waals surface area contributed by atoms with E-state index in [1.54, 1.807) is 19.1 Å². The molecule has 9 nitrogen and oxygen atoms in total. The number of allylic oxidation sites excluding steroid dienone is 2. The van der Waals surface area contributed by atoms with E-state index < -0.39 is 54.3 Å². The summed E-state index contributed by atoms with van der Waals surface area (Å²) in [6, 6.07) is 7.52. The summed E-state index contributed by atoms with van der Waals surface area (Å²) in [5, 5.41) is 14.9. The zero-order valence-electron chi connectivity index (χ0n) is 18.3. The molecule has 9 heteroatoms. The number of hydrogen-bond acceptors (Lipinski definition) is 7. The predicted molar refractivity (Wildman–Crippen MR) is 115 cm³/mol. The van der Waals surface area contributed by atoms with Gasteiger partial charge in [-0.05, 0) is 24.8 Å². The molecule has 1 aliphatic heterocycles. The van der Waals surface area contributed by atoms with Crippen molar-refractivity contribution in [3.63, 3.8) is 0 Å². The summed E-state index contributed by atoms with van der Waals surface area (Å²) in [6.45, 7) is 0.986. The van der Waals surface area contributed by atoms with Crippen LogP contribution in [0.5, 0.6) is 0 Å². The number of esters is 2. The third-order valence-corrected chi connectivity index (χ3v) is 5.15. The van der Waals surface area contributed by atoms with Gasteiger partial charge in [0.05, 0.1) is 25.7 Å². The van der Waals surface area contributed by atoms with Crippen molar-refractivity contribution in [3.8, 4) is 0 Å². The van der Waals surface area contributed by atoms with Crippen LogP contribution in [0.3, 0.4) is 0 Å². The number of rotatable bonds is 6. The highest BCUT2D eigenvalue weighted by Gasteiger charge is 2.32. The Morgan fingerprint density at radius 2 is 1.91 bits per heavy atom. The van der Waals surface area contributed by atoms with Gasteiger partial charge >= 0.3 is 11.9 Å². The van der Waals surface area contributed by atoms with Crippen molar-refractivity contribution in [1.82, 2.24) is 10.6 Å². The number of methoxy groups -OCH3 is 1. The molecule has 0 saturated carbocycles. The van der Waals surface area contributed by atoms with E-state index in [0.29, 0.717) is 12.8 Å². The minimum Gasteiger partial charge on any atom is -0.467 e. The Hall–Kier alpha value is -3.20. The average molecular weight is 447 g/mol. The van der Waals surface area contributed by atoms with E-state index in [1.165, 1.54) is 0 Å². The van der Waals surface area contributed by atoms with Crippen LogP contribution >= 0.6 is 0 Å². The zero-order chi connectivity index (χ0) is 23.5. The lowest BCUT2D eigenvalue weighted by Gasteiger charge is -2.23. The fraction of sp³-hybridized carbons (Fsp3) is 0.478. The molecule has 1 aliphatic rings. The van der Waals surface area contributed by atoms with Gasteiger partial charge in [-0.25, -0.2) is 4.79 Å². The van der Waals surface area contributed by atoms with E-state index in [-0.39, 0.29) is 13.0 Å². The molecular weight excluding hydrogens is 416 g/mol. The summed E-state index contributed by atoms with van der Waals surface area (Å²) in [4.78, 5) is 49.9. The third kappa shape index (κ3) is 7.49. The smallest absolute Gasteiger partial charge is 0.331 e.